The predicted molar refractivity (Wildman–Crippen MR) is 101 cm³/mol. The van der Waals surface area contributed by atoms with Crippen LogP contribution in [0.15, 0.2) is 66.7 Å². The number of hydrogen-bond donors (Lipinski definition) is 3. The van der Waals surface area contributed by atoms with Gasteiger partial charge in [0.1, 0.15) is 22.5 Å². The maximum Gasteiger partial charge on any atom is 0.255 e. The molecule has 27 heavy (non-hydrogen) atoms. The zero-order valence-corrected chi connectivity index (χ0v) is 14.2. The molecule has 3 N–H and O–H groups in total. The van der Waals surface area contributed by atoms with Gasteiger partial charge in [-0.25, -0.2) is 0 Å². The van der Waals surface area contributed by atoms with Crippen LogP contribution in [0.3, 0.4) is 0 Å². The first-order valence-corrected chi connectivity index (χ1v) is 8.31. The van der Waals surface area contributed by atoms with Crippen molar-refractivity contribution in [2.24, 2.45) is 0 Å². The third-order valence-electron chi connectivity index (χ3n) is 4.11. The van der Waals surface area contributed by atoms with E-state index >= 15 is 0 Å². The van der Waals surface area contributed by atoms with E-state index in [-0.39, 0.29) is 18.3 Å². The molecule has 7 nitrogen and oxygen atoms in total. The van der Waals surface area contributed by atoms with Crippen LogP contribution in [-0.4, -0.2) is 31.1 Å². The normalized spacial score (nSPS) is 10.9. The standard InChI is InChI=1S/C20H16N4O3/c25-12-13-6-9-19(26)18(10-13)24-22-16-8-7-14(11-17(16)23-24)20(27)21-15-4-2-1-3-5-15/h1-11,25-26H,12H2,(H,21,27). The number of aromatic nitrogens is 3. The van der Waals surface area contributed by atoms with Gasteiger partial charge in [-0.3, -0.25) is 4.79 Å². The van der Waals surface area contributed by atoms with Crippen molar-refractivity contribution < 1.29 is 15.0 Å². The molecule has 1 aromatic heterocycles. The lowest BCUT2D eigenvalue weighted by molar-refractivity contribution is 0.102. The summed E-state index contributed by atoms with van der Waals surface area (Å²) in [6, 6.07) is 18.9. The molecule has 0 fully saturated rings. The van der Waals surface area contributed by atoms with E-state index in [2.05, 4.69) is 15.5 Å². The average Bonchev–Trinajstić information content (AvgIpc) is 3.12. The van der Waals surface area contributed by atoms with Gasteiger partial charge in [0.2, 0.25) is 0 Å². The molecule has 0 atom stereocenters. The SMILES string of the molecule is O=C(Nc1ccccc1)c1ccc2nn(-c3cc(CO)ccc3O)nc2c1. The number of rotatable bonds is 4. The molecule has 4 aromatic rings. The van der Waals surface area contributed by atoms with Crippen LogP contribution < -0.4 is 5.32 Å². The highest BCUT2D eigenvalue weighted by atomic mass is 16.3. The molecule has 4 rings (SSSR count). The summed E-state index contributed by atoms with van der Waals surface area (Å²) in [4.78, 5) is 13.7. The van der Waals surface area contributed by atoms with Gasteiger partial charge < -0.3 is 15.5 Å². The van der Waals surface area contributed by atoms with E-state index in [0.29, 0.717) is 33.5 Å². The molecule has 0 aliphatic heterocycles. The monoisotopic (exact) mass is 360 g/mol. The predicted octanol–water partition coefficient (Wildman–Crippen LogP) is 2.87. The van der Waals surface area contributed by atoms with Crippen molar-refractivity contribution in [1.82, 2.24) is 15.0 Å². The van der Waals surface area contributed by atoms with Crippen molar-refractivity contribution in [2.75, 3.05) is 5.32 Å². The van der Waals surface area contributed by atoms with Crippen LogP contribution in [0.4, 0.5) is 5.69 Å². The molecular weight excluding hydrogens is 344 g/mol. The van der Waals surface area contributed by atoms with E-state index in [4.69, 9.17) is 0 Å². The van der Waals surface area contributed by atoms with Crippen molar-refractivity contribution in [3.05, 3.63) is 77.9 Å². The van der Waals surface area contributed by atoms with Gasteiger partial charge in [0.25, 0.3) is 5.91 Å². The Labute approximate surface area is 154 Å². The highest BCUT2D eigenvalue weighted by molar-refractivity contribution is 6.05. The van der Waals surface area contributed by atoms with Gasteiger partial charge >= 0.3 is 0 Å². The minimum absolute atomic E-state index is 0.00505. The fraction of sp³-hybridized carbons (Fsp3) is 0.0500. The molecule has 0 radical (unpaired) electrons. The Kier molecular flexibility index (Phi) is 4.27. The number of aromatic hydroxyl groups is 1. The van der Waals surface area contributed by atoms with Gasteiger partial charge in [-0.2, -0.15) is 0 Å². The number of amides is 1. The first-order valence-electron chi connectivity index (χ1n) is 8.31. The first-order chi connectivity index (χ1) is 13.1. The second-order valence-electron chi connectivity index (χ2n) is 5.99. The Bertz CT molecular complexity index is 1120. The largest absolute Gasteiger partial charge is 0.506 e. The highest BCUT2D eigenvalue weighted by Gasteiger charge is 2.13. The lowest BCUT2D eigenvalue weighted by Crippen LogP contribution is -2.11. The number of aliphatic hydroxyl groups excluding tert-OH is 1. The number of phenolic OH excluding ortho intramolecular Hbond substituents is 1. The summed E-state index contributed by atoms with van der Waals surface area (Å²) in [6.07, 6.45) is 0. The lowest BCUT2D eigenvalue weighted by Gasteiger charge is -2.04. The zero-order chi connectivity index (χ0) is 18.8. The number of para-hydroxylation sites is 1. The van der Waals surface area contributed by atoms with Crippen LogP contribution in [0, 0.1) is 0 Å². The summed E-state index contributed by atoms with van der Waals surface area (Å²) in [5.74, 6) is -0.252. The van der Waals surface area contributed by atoms with Crippen LogP contribution >= 0.6 is 0 Å². The van der Waals surface area contributed by atoms with Gasteiger partial charge in [-0.05, 0) is 48.0 Å². The van der Waals surface area contributed by atoms with E-state index in [0.717, 1.165) is 0 Å². The number of aliphatic hydroxyl groups is 1. The summed E-state index contributed by atoms with van der Waals surface area (Å²) in [5, 5.41) is 30.9. The van der Waals surface area contributed by atoms with Gasteiger partial charge in [0.05, 0.1) is 6.61 Å². The third-order valence-corrected chi connectivity index (χ3v) is 4.11. The summed E-state index contributed by atoms with van der Waals surface area (Å²) in [7, 11) is 0. The van der Waals surface area contributed by atoms with E-state index in [1.807, 2.05) is 30.3 Å². The number of anilines is 1. The molecule has 0 unspecified atom stereocenters. The van der Waals surface area contributed by atoms with Gasteiger partial charge in [0, 0.05) is 11.3 Å². The van der Waals surface area contributed by atoms with Crippen LogP contribution in [-0.2, 0) is 6.61 Å². The Morgan fingerprint density at radius 3 is 2.52 bits per heavy atom. The van der Waals surface area contributed by atoms with Crippen molar-refractivity contribution in [2.45, 2.75) is 6.61 Å². The van der Waals surface area contributed by atoms with E-state index in [9.17, 15) is 15.0 Å². The number of nitrogens with zero attached hydrogens (tertiary/aromatic N) is 3. The van der Waals surface area contributed by atoms with E-state index in [1.165, 1.54) is 10.9 Å². The second-order valence-corrected chi connectivity index (χ2v) is 5.99. The molecule has 0 bridgehead atoms. The number of benzene rings is 3. The molecular formula is C20H16N4O3. The third kappa shape index (κ3) is 3.36. The molecule has 1 amide bonds. The van der Waals surface area contributed by atoms with Gasteiger partial charge in [0.15, 0.2) is 0 Å². The number of carbonyl (C=O) groups is 1. The summed E-state index contributed by atoms with van der Waals surface area (Å²) < 4.78 is 0. The maximum absolute atomic E-state index is 12.4. The zero-order valence-electron chi connectivity index (χ0n) is 14.2. The minimum atomic E-state index is -0.247. The molecule has 0 saturated carbocycles. The summed E-state index contributed by atoms with van der Waals surface area (Å²) in [6.45, 7) is -0.155. The Hall–Kier alpha value is -3.71. The van der Waals surface area contributed by atoms with Crippen LogP contribution in [0.25, 0.3) is 16.7 Å². The second kappa shape index (κ2) is 6.89. The number of phenols is 1. The molecule has 0 saturated heterocycles. The molecule has 1 heterocycles. The van der Waals surface area contributed by atoms with Gasteiger partial charge in [-0.15, -0.1) is 15.0 Å². The van der Waals surface area contributed by atoms with E-state index < -0.39 is 0 Å². The van der Waals surface area contributed by atoms with Gasteiger partial charge in [-0.1, -0.05) is 24.3 Å². The van der Waals surface area contributed by atoms with E-state index in [1.54, 1.807) is 30.3 Å². The maximum atomic E-state index is 12.4. The smallest absolute Gasteiger partial charge is 0.255 e. The molecule has 0 aliphatic carbocycles. The Morgan fingerprint density at radius 2 is 1.74 bits per heavy atom. The minimum Gasteiger partial charge on any atom is -0.506 e. The van der Waals surface area contributed by atoms with Crippen molar-refractivity contribution in [3.8, 4) is 11.4 Å². The lowest BCUT2D eigenvalue weighted by atomic mass is 10.2. The number of fused-ring (bicyclic) bond motifs is 1. The fourth-order valence-electron chi connectivity index (χ4n) is 2.72. The van der Waals surface area contributed by atoms with Crippen molar-refractivity contribution in [3.63, 3.8) is 0 Å². The first kappa shape index (κ1) is 16.7. The van der Waals surface area contributed by atoms with Crippen LogP contribution in [0.5, 0.6) is 5.75 Å². The molecule has 0 aliphatic rings. The number of nitrogens with one attached hydrogen (secondary N) is 1. The number of hydrogen-bond acceptors (Lipinski definition) is 5. The summed E-state index contributed by atoms with van der Waals surface area (Å²) >= 11 is 0. The van der Waals surface area contributed by atoms with Crippen molar-refractivity contribution in [1.29, 1.82) is 0 Å². The molecule has 0 spiro atoms. The Balaban J connectivity index is 1.67. The quantitative estimate of drug-likeness (QED) is 0.520. The molecule has 3 aromatic carbocycles. The topological polar surface area (TPSA) is 100 Å². The van der Waals surface area contributed by atoms with Crippen LogP contribution in [0.2, 0.25) is 0 Å². The average molecular weight is 360 g/mol. The molecule has 134 valence electrons. The van der Waals surface area contributed by atoms with Crippen molar-refractivity contribution >= 4 is 22.6 Å². The molecule has 7 heteroatoms. The number of carbonyl (C=O) groups excluding carboxylic acids is 1. The Morgan fingerprint density at radius 1 is 0.963 bits per heavy atom. The highest BCUT2D eigenvalue weighted by Crippen LogP contribution is 2.23. The fourth-order valence-corrected chi connectivity index (χ4v) is 2.72. The van der Waals surface area contributed by atoms with Crippen LogP contribution in [0.1, 0.15) is 15.9 Å². The summed E-state index contributed by atoms with van der Waals surface area (Å²) in [5.41, 5.74) is 3.24.